The van der Waals surface area contributed by atoms with Crippen LogP contribution in [0.3, 0.4) is 0 Å². The van der Waals surface area contributed by atoms with E-state index in [-0.39, 0.29) is 17.9 Å². The molecule has 2 amide bonds. The third kappa shape index (κ3) is 3.70. The van der Waals surface area contributed by atoms with Crippen molar-refractivity contribution in [3.63, 3.8) is 0 Å². The van der Waals surface area contributed by atoms with E-state index in [0.717, 1.165) is 42.1 Å². The Hall–Kier alpha value is -3.08. The zero-order chi connectivity index (χ0) is 22.1. The van der Waals surface area contributed by atoms with E-state index in [1.807, 2.05) is 72.2 Å². The number of carbonyl (C=O) groups is 2. The first-order chi connectivity index (χ1) is 15.6. The van der Waals surface area contributed by atoms with E-state index in [4.69, 9.17) is 0 Å². The molecule has 2 heterocycles. The molecule has 0 spiro atoms. The van der Waals surface area contributed by atoms with Crippen molar-refractivity contribution < 1.29 is 9.59 Å². The summed E-state index contributed by atoms with van der Waals surface area (Å²) in [5, 5.41) is 4.36. The number of hydrogen-bond acceptors (Lipinski definition) is 2. The highest BCUT2D eigenvalue weighted by atomic mass is 16.2. The highest BCUT2D eigenvalue weighted by Crippen LogP contribution is 2.34. The number of amides is 2. The van der Waals surface area contributed by atoms with E-state index in [1.165, 1.54) is 12.8 Å². The Morgan fingerprint density at radius 1 is 1.00 bits per heavy atom. The normalized spacial score (nSPS) is 21.9. The molecule has 1 aromatic heterocycles. The fourth-order valence-electron chi connectivity index (χ4n) is 5.28. The van der Waals surface area contributed by atoms with Crippen LogP contribution in [0.15, 0.2) is 60.7 Å². The molecule has 3 aromatic rings. The number of para-hydroxylation sites is 1. The van der Waals surface area contributed by atoms with Crippen LogP contribution in [0.5, 0.6) is 0 Å². The Morgan fingerprint density at radius 3 is 2.44 bits per heavy atom. The SMILES string of the molecule is C[C@@]1(C(=O)NC2CCCCCC2)Cn2c(cc3ccccc32)C(=O)N1Cc1ccccc1. The van der Waals surface area contributed by atoms with Gasteiger partial charge in [0.05, 0.1) is 6.54 Å². The number of benzene rings is 2. The van der Waals surface area contributed by atoms with Crippen molar-refractivity contribution >= 4 is 22.7 Å². The van der Waals surface area contributed by atoms with Crippen molar-refractivity contribution in [2.24, 2.45) is 0 Å². The molecule has 5 nitrogen and oxygen atoms in total. The summed E-state index contributed by atoms with van der Waals surface area (Å²) >= 11 is 0. The number of hydrogen-bond donors (Lipinski definition) is 1. The van der Waals surface area contributed by atoms with Crippen LogP contribution in [-0.2, 0) is 17.9 Å². The van der Waals surface area contributed by atoms with Gasteiger partial charge in [0.25, 0.3) is 5.91 Å². The molecule has 0 radical (unpaired) electrons. The largest absolute Gasteiger partial charge is 0.351 e. The van der Waals surface area contributed by atoms with E-state index in [1.54, 1.807) is 4.90 Å². The maximum Gasteiger partial charge on any atom is 0.271 e. The first-order valence-corrected chi connectivity index (χ1v) is 11.8. The predicted molar refractivity (Wildman–Crippen MR) is 126 cm³/mol. The van der Waals surface area contributed by atoms with Crippen LogP contribution < -0.4 is 5.32 Å². The second-order valence-corrected chi connectivity index (χ2v) is 9.49. The third-order valence-corrected chi connectivity index (χ3v) is 7.20. The van der Waals surface area contributed by atoms with E-state index in [2.05, 4.69) is 5.32 Å². The average Bonchev–Trinajstić information content (AvgIpc) is 2.98. The number of aromatic nitrogens is 1. The van der Waals surface area contributed by atoms with Crippen LogP contribution in [-0.4, -0.2) is 32.9 Å². The molecular weight excluding hydrogens is 398 g/mol. The second-order valence-electron chi connectivity index (χ2n) is 9.49. The molecule has 1 atom stereocenters. The van der Waals surface area contributed by atoms with Crippen LogP contribution >= 0.6 is 0 Å². The lowest BCUT2D eigenvalue weighted by atomic mass is 9.93. The maximum atomic E-state index is 13.8. The smallest absolute Gasteiger partial charge is 0.271 e. The van der Waals surface area contributed by atoms with Crippen molar-refractivity contribution in [3.8, 4) is 0 Å². The lowest BCUT2D eigenvalue weighted by Gasteiger charge is -2.44. The van der Waals surface area contributed by atoms with Gasteiger partial charge < -0.3 is 14.8 Å². The molecule has 2 aromatic carbocycles. The van der Waals surface area contributed by atoms with Crippen LogP contribution in [0.25, 0.3) is 10.9 Å². The van der Waals surface area contributed by atoms with Gasteiger partial charge in [-0.05, 0) is 37.5 Å². The summed E-state index contributed by atoms with van der Waals surface area (Å²) in [7, 11) is 0. The molecular formula is C27H31N3O2. The van der Waals surface area contributed by atoms with Crippen molar-refractivity contribution in [1.29, 1.82) is 0 Å². The van der Waals surface area contributed by atoms with Crippen LogP contribution in [0.4, 0.5) is 0 Å². The highest BCUT2D eigenvalue weighted by Gasteiger charge is 2.48. The van der Waals surface area contributed by atoms with Gasteiger partial charge in [-0.25, -0.2) is 0 Å². The second kappa shape index (κ2) is 8.45. The predicted octanol–water partition coefficient (Wildman–Crippen LogP) is 4.90. The molecule has 5 rings (SSSR count). The molecule has 1 fully saturated rings. The summed E-state index contributed by atoms with van der Waals surface area (Å²) < 4.78 is 2.03. The molecule has 0 saturated heterocycles. The van der Waals surface area contributed by atoms with Gasteiger partial charge in [0.1, 0.15) is 11.2 Å². The summed E-state index contributed by atoms with van der Waals surface area (Å²) in [4.78, 5) is 29.4. The van der Waals surface area contributed by atoms with E-state index in [0.29, 0.717) is 18.8 Å². The Balaban J connectivity index is 1.53. The van der Waals surface area contributed by atoms with Crippen molar-refractivity contribution in [2.45, 2.75) is 70.1 Å². The molecule has 166 valence electrons. The summed E-state index contributed by atoms with van der Waals surface area (Å²) in [5.41, 5.74) is 1.72. The molecule has 32 heavy (non-hydrogen) atoms. The number of nitrogens with zero attached hydrogens (tertiary/aromatic N) is 2. The van der Waals surface area contributed by atoms with Crippen molar-refractivity contribution in [3.05, 3.63) is 71.9 Å². The van der Waals surface area contributed by atoms with Crippen molar-refractivity contribution in [1.82, 2.24) is 14.8 Å². The standard InChI is InChI=1S/C27H31N3O2/c1-27(26(32)28-22-14-7-2-3-8-15-22)19-29-23-16-10-9-13-21(23)17-24(29)25(31)30(27)18-20-11-5-4-6-12-20/h4-6,9-13,16-17,22H,2-3,7-8,14-15,18-19H2,1H3,(H,28,32)/t27-/m0/s1. The van der Waals surface area contributed by atoms with Gasteiger partial charge in [0.2, 0.25) is 5.91 Å². The molecule has 1 saturated carbocycles. The monoisotopic (exact) mass is 429 g/mol. The number of carbonyl (C=O) groups excluding carboxylic acids is 2. The van der Waals surface area contributed by atoms with Gasteiger partial charge in [0, 0.05) is 23.5 Å². The van der Waals surface area contributed by atoms with E-state index >= 15 is 0 Å². The van der Waals surface area contributed by atoms with Gasteiger partial charge in [-0.2, -0.15) is 0 Å². The molecule has 1 N–H and O–H groups in total. The summed E-state index contributed by atoms with van der Waals surface area (Å²) in [5.74, 6) is -0.132. The first kappa shape index (κ1) is 20.8. The summed E-state index contributed by atoms with van der Waals surface area (Å²) in [6.45, 7) is 2.79. The summed E-state index contributed by atoms with van der Waals surface area (Å²) in [6, 6.07) is 20.1. The Bertz CT molecular complexity index is 1130. The molecule has 2 aliphatic rings. The third-order valence-electron chi connectivity index (χ3n) is 7.20. The minimum absolute atomic E-state index is 0.0443. The van der Waals surface area contributed by atoms with Gasteiger partial charge in [-0.1, -0.05) is 74.2 Å². The van der Waals surface area contributed by atoms with Gasteiger partial charge in [-0.3, -0.25) is 9.59 Å². The minimum Gasteiger partial charge on any atom is -0.351 e. The lowest BCUT2D eigenvalue weighted by molar-refractivity contribution is -0.134. The number of fused-ring (bicyclic) bond motifs is 3. The maximum absolute atomic E-state index is 13.8. The van der Waals surface area contributed by atoms with Crippen LogP contribution in [0, 0.1) is 0 Å². The minimum atomic E-state index is -0.964. The molecule has 5 heteroatoms. The zero-order valence-electron chi connectivity index (χ0n) is 18.7. The number of nitrogens with one attached hydrogen (secondary N) is 1. The first-order valence-electron chi connectivity index (χ1n) is 11.8. The molecule has 0 bridgehead atoms. The Kier molecular flexibility index (Phi) is 5.50. The lowest BCUT2D eigenvalue weighted by Crippen LogP contribution is -2.64. The summed E-state index contributed by atoms with van der Waals surface area (Å²) in [6.07, 6.45) is 6.82. The highest BCUT2D eigenvalue weighted by molar-refractivity contribution is 6.03. The fraction of sp³-hybridized carbons (Fsp3) is 0.407. The Morgan fingerprint density at radius 2 is 1.69 bits per heavy atom. The van der Waals surface area contributed by atoms with Crippen molar-refractivity contribution in [2.75, 3.05) is 0 Å². The van der Waals surface area contributed by atoms with E-state index in [9.17, 15) is 9.59 Å². The van der Waals surface area contributed by atoms with E-state index < -0.39 is 5.54 Å². The van der Waals surface area contributed by atoms with Gasteiger partial charge in [-0.15, -0.1) is 0 Å². The number of rotatable bonds is 4. The van der Waals surface area contributed by atoms with Gasteiger partial charge >= 0.3 is 0 Å². The Labute approximate surface area is 189 Å². The molecule has 1 aliphatic carbocycles. The zero-order valence-corrected chi connectivity index (χ0v) is 18.7. The molecule has 1 aliphatic heterocycles. The topological polar surface area (TPSA) is 54.3 Å². The van der Waals surface area contributed by atoms with Crippen LogP contribution in [0.2, 0.25) is 0 Å². The fourth-order valence-corrected chi connectivity index (χ4v) is 5.28. The van der Waals surface area contributed by atoms with Gasteiger partial charge in [0.15, 0.2) is 0 Å². The molecule has 0 unspecified atom stereocenters. The van der Waals surface area contributed by atoms with Crippen LogP contribution in [0.1, 0.15) is 61.5 Å². The average molecular weight is 430 g/mol. The quantitative estimate of drug-likeness (QED) is 0.600.